The number of amides is 1. The molecule has 1 aliphatic rings. The fourth-order valence-corrected chi connectivity index (χ4v) is 4.68. The van der Waals surface area contributed by atoms with Crippen molar-refractivity contribution in [3.63, 3.8) is 0 Å². The Kier molecular flexibility index (Phi) is 6.39. The third-order valence-corrected chi connectivity index (χ3v) is 6.74. The Balaban J connectivity index is 1.49. The number of nitrogens with zero attached hydrogens (tertiary/aromatic N) is 1. The van der Waals surface area contributed by atoms with Gasteiger partial charge in [-0.25, -0.2) is 4.99 Å². The second-order valence-corrected chi connectivity index (χ2v) is 9.33. The molecule has 34 heavy (non-hydrogen) atoms. The van der Waals surface area contributed by atoms with Crippen LogP contribution in [0.2, 0.25) is 5.02 Å². The quantitative estimate of drug-likeness (QED) is 0.303. The molecule has 1 aliphatic heterocycles. The van der Waals surface area contributed by atoms with E-state index in [-0.39, 0.29) is 5.91 Å². The number of halogens is 1. The molecule has 1 saturated heterocycles. The number of carbonyl (C=O) groups is 1. The molecule has 168 valence electrons. The molecule has 0 unspecified atom stereocenters. The van der Waals surface area contributed by atoms with Crippen LogP contribution in [-0.2, 0) is 11.4 Å². The molecule has 0 atom stereocenters. The summed E-state index contributed by atoms with van der Waals surface area (Å²) in [6.45, 7) is 2.35. The molecule has 4 aromatic rings. The van der Waals surface area contributed by atoms with Crippen molar-refractivity contribution in [1.82, 2.24) is 5.32 Å². The standard InChI is InChI=1S/C28H21ClN2O2S/c1-18-10-13-21(14-11-18)30-28-31-27(32)26(34-28)16-23-22-8-4-2-6-19(22)12-15-25(23)33-17-20-7-3-5-9-24(20)29/h2-16H,17H2,1H3,(H,30,31,32)/b26-16+. The van der Waals surface area contributed by atoms with Crippen LogP contribution in [0, 0.1) is 6.92 Å². The van der Waals surface area contributed by atoms with Gasteiger partial charge in [0, 0.05) is 16.1 Å². The van der Waals surface area contributed by atoms with Crippen LogP contribution in [0.1, 0.15) is 16.7 Å². The van der Waals surface area contributed by atoms with Gasteiger partial charge in [0.25, 0.3) is 5.91 Å². The second-order valence-electron chi connectivity index (χ2n) is 7.90. The van der Waals surface area contributed by atoms with E-state index >= 15 is 0 Å². The highest BCUT2D eigenvalue weighted by atomic mass is 35.5. The highest BCUT2D eigenvalue weighted by Gasteiger charge is 2.25. The predicted octanol–water partition coefficient (Wildman–Crippen LogP) is 7.27. The van der Waals surface area contributed by atoms with E-state index < -0.39 is 0 Å². The van der Waals surface area contributed by atoms with Gasteiger partial charge >= 0.3 is 0 Å². The molecule has 4 aromatic carbocycles. The summed E-state index contributed by atoms with van der Waals surface area (Å²) in [5.41, 5.74) is 3.70. The van der Waals surface area contributed by atoms with Crippen LogP contribution in [0.3, 0.4) is 0 Å². The molecule has 0 bridgehead atoms. The number of nitrogens with one attached hydrogen (secondary N) is 1. The smallest absolute Gasteiger partial charge is 0.264 e. The molecule has 1 heterocycles. The second kappa shape index (κ2) is 9.75. The van der Waals surface area contributed by atoms with Gasteiger partial charge in [-0.2, -0.15) is 0 Å². The van der Waals surface area contributed by atoms with Gasteiger partial charge in [-0.1, -0.05) is 77.8 Å². The monoisotopic (exact) mass is 484 g/mol. The molecule has 0 radical (unpaired) electrons. The normalized spacial score (nSPS) is 15.8. The number of hydrogen-bond donors (Lipinski definition) is 1. The molecule has 0 aromatic heterocycles. The maximum atomic E-state index is 12.8. The SMILES string of the molecule is Cc1ccc(N=C2NC(=O)/C(=C\c3c(OCc4ccccc4Cl)ccc4ccccc34)S2)cc1. The Hall–Kier alpha value is -3.54. The van der Waals surface area contributed by atoms with Crippen LogP contribution in [0.15, 0.2) is 94.8 Å². The summed E-state index contributed by atoms with van der Waals surface area (Å²) in [5, 5.41) is 6.15. The van der Waals surface area contributed by atoms with Gasteiger partial charge in [0.05, 0.1) is 10.6 Å². The lowest BCUT2D eigenvalue weighted by Crippen LogP contribution is -2.19. The Morgan fingerprint density at radius 3 is 2.56 bits per heavy atom. The van der Waals surface area contributed by atoms with Crippen molar-refractivity contribution in [3.8, 4) is 5.75 Å². The summed E-state index contributed by atoms with van der Waals surface area (Å²) in [7, 11) is 0. The van der Waals surface area contributed by atoms with Gasteiger partial charge in [0.1, 0.15) is 12.4 Å². The highest BCUT2D eigenvalue weighted by Crippen LogP contribution is 2.35. The van der Waals surface area contributed by atoms with Gasteiger partial charge < -0.3 is 10.1 Å². The van der Waals surface area contributed by atoms with Gasteiger partial charge in [0.15, 0.2) is 5.17 Å². The van der Waals surface area contributed by atoms with Crippen molar-refractivity contribution < 1.29 is 9.53 Å². The molecule has 1 N–H and O–H groups in total. The molecule has 1 amide bonds. The van der Waals surface area contributed by atoms with Crippen molar-refractivity contribution in [3.05, 3.63) is 112 Å². The fraction of sp³-hybridized carbons (Fsp3) is 0.0714. The molecule has 0 spiro atoms. The van der Waals surface area contributed by atoms with E-state index in [4.69, 9.17) is 16.3 Å². The number of carbonyl (C=O) groups excluding carboxylic acids is 1. The lowest BCUT2D eigenvalue weighted by molar-refractivity contribution is -0.115. The van der Waals surface area contributed by atoms with Crippen molar-refractivity contribution >= 4 is 57.0 Å². The Bertz CT molecular complexity index is 1440. The van der Waals surface area contributed by atoms with Crippen molar-refractivity contribution in [2.24, 2.45) is 4.99 Å². The number of benzene rings is 4. The first-order valence-electron chi connectivity index (χ1n) is 10.8. The first kappa shape index (κ1) is 22.3. The lowest BCUT2D eigenvalue weighted by atomic mass is 10.0. The Labute approximate surface area is 207 Å². The zero-order valence-corrected chi connectivity index (χ0v) is 20.0. The van der Waals surface area contributed by atoms with E-state index in [1.165, 1.54) is 11.8 Å². The number of ether oxygens (including phenoxy) is 1. The first-order chi connectivity index (χ1) is 16.6. The predicted molar refractivity (Wildman–Crippen MR) is 142 cm³/mol. The van der Waals surface area contributed by atoms with E-state index in [1.807, 2.05) is 97.9 Å². The number of aryl methyl sites for hydroxylation is 1. The molecular weight excluding hydrogens is 464 g/mol. The number of rotatable bonds is 5. The van der Waals surface area contributed by atoms with E-state index in [2.05, 4.69) is 10.3 Å². The number of aliphatic imine (C=N–C) groups is 1. The third-order valence-electron chi connectivity index (χ3n) is 5.46. The molecule has 5 rings (SSSR count). The van der Waals surface area contributed by atoms with E-state index in [1.54, 1.807) is 0 Å². The van der Waals surface area contributed by atoms with Crippen LogP contribution in [0.5, 0.6) is 5.75 Å². The number of amidine groups is 1. The number of fused-ring (bicyclic) bond motifs is 1. The van der Waals surface area contributed by atoms with Gasteiger partial charge in [-0.05, 0) is 59.8 Å². The fourth-order valence-electron chi connectivity index (χ4n) is 3.67. The highest BCUT2D eigenvalue weighted by molar-refractivity contribution is 8.18. The summed E-state index contributed by atoms with van der Waals surface area (Å²) >= 11 is 7.63. The third kappa shape index (κ3) is 4.86. The maximum absolute atomic E-state index is 12.8. The van der Waals surface area contributed by atoms with E-state index in [0.717, 1.165) is 33.2 Å². The minimum Gasteiger partial charge on any atom is -0.488 e. The molecule has 1 fully saturated rings. The van der Waals surface area contributed by atoms with Crippen LogP contribution in [0.25, 0.3) is 16.8 Å². The number of thioether (sulfide) groups is 1. The zero-order valence-electron chi connectivity index (χ0n) is 18.4. The molecule has 4 nitrogen and oxygen atoms in total. The largest absolute Gasteiger partial charge is 0.488 e. The van der Waals surface area contributed by atoms with Crippen LogP contribution in [0.4, 0.5) is 5.69 Å². The van der Waals surface area contributed by atoms with Gasteiger partial charge in [0.2, 0.25) is 0 Å². The zero-order chi connectivity index (χ0) is 23.5. The average molecular weight is 485 g/mol. The molecular formula is C28H21ClN2O2S. The van der Waals surface area contributed by atoms with E-state index in [9.17, 15) is 4.79 Å². The summed E-state index contributed by atoms with van der Waals surface area (Å²) < 4.78 is 6.19. The lowest BCUT2D eigenvalue weighted by Gasteiger charge is -2.13. The summed E-state index contributed by atoms with van der Waals surface area (Å²) in [4.78, 5) is 17.9. The van der Waals surface area contributed by atoms with E-state index in [0.29, 0.717) is 27.5 Å². The average Bonchev–Trinajstić information content (AvgIpc) is 3.19. The topological polar surface area (TPSA) is 50.7 Å². The Morgan fingerprint density at radius 1 is 0.971 bits per heavy atom. The maximum Gasteiger partial charge on any atom is 0.264 e. The summed E-state index contributed by atoms with van der Waals surface area (Å²) in [5.74, 6) is 0.504. The summed E-state index contributed by atoms with van der Waals surface area (Å²) in [6.07, 6.45) is 1.88. The number of hydrogen-bond acceptors (Lipinski definition) is 4. The van der Waals surface area contributed by atoms with Crippen molar-refractivity contribution in [2.75, 3.05) is 0 Å². The minimum atomic E-state index is -0.180. The minimum absolute atomic E-state index is 0.180. The molecule has 6 heteroatoms. The van der Waals surface area contributed by atoms with Crippen molar-refractivity contribution in [2.45, 2.75) is 13.5 Å². The Morgan fingerprint density at radius 2 is 1.74 bits per heavy atom. The van der Waals surface area contributed by atoms with Crippen LogP contribution >= 0.6 is 23.4 Å². The van der Waals surface area contributed by atoms with Crippen LogP contribution in [-0.4, -0.2) is 11.1 Å². The van der Waals surface area contributed by atoms with Gasteiger partial charge in [-0.15, -0.1) is 0 Å². The van der Waals surface area contributed by atoms with Crippen molar-refractivity contribution in [1.29, 1.82) is 0 Å². The van der Waals surface area contributed by atoms with Gasteiger partial charge in [-0.3, -0.25) is 4.79 Å². The molecule has 0 saturated carbocycles. The first-order valence-corrected chi connectivity index (χ1v) is 12.0. The van der Waals surface area contributed by atoms with Crippen LogP contribution < -0.4 is 10.1 Å². The molecule has 0 aliphatic carbocycles. The summed E-state index contributed by atoms with van der Waals surface area (Å²) in [6, 6.07) is 27.5.